The highest BCUT2D eigenvalue weighted by atomic mass is 79.9. The molecule has 0 radical (unpaired) electrons. The van der Waals surface area contributed by atoms with Crippen molar-refractivity contribution in [3.63, 3.8) is 0 Å². The Morgan fingerprint density at radius 2 is 1.59 bits per heavy atom. The van der Waals surface area contributed by atoms with Gasteiger partial charge < -0.3 is 28.6 Å². The number of ether oxygens (including phenoxy) is 5. The summed E-state index contributed by atoms with van der Waals surface area (Å²) in [5.41, 5.74) is 2.87. The minimum atomic E-state index is 0.0795. The van der Waals surface area contributed by atoms with Gasteiger partial charge >= 0.3 is 0 Å². The Hall–Kier alpha value is -2.31. The van der Waals surface area contributed by atoms with Gasteiger partial charge in [0.25, 0.3) is 0 Å². The van der Waals surface area contributed by atoms with Crippen LogP contribution in [0.4, 0.5) is 5.69 Å². The number of anilines is 1. The van der Waals surface area contributed by atoms with Gasteiger partial charge in [-0.15, -0.1) is 10.2 Å². The first-order valence-electron chi connectivity index (χ1n) is 10.7. The Kier molecular flexibility index (Phi) is 8.68. The van der Waals surface area contributed by atoms with Crippen LogP contribution in [-0.2, 0) is 14.2 Å². The Morgan fingerprint density at radius 3 is 2.24 bits per heavy atom. The van der Waals surface area contributed by atoms with E-state index in [1.165, 1.54) is 17.4 Å². The van der Waals surface area contributed by atoms with Crippen LogP contribution in [0.5, 0.6) is 11.5 Å². The predicted octanol–water partition coefficient (Wildman–Crippen LogP) is 4.22. The van der Waals surface area contributed by atoms with Crippen molar-refractivity contribution in [1.29, 1.82) is 0 Å². The first-order valence-corrected chi connectivity index (χ1v) is 12.7. The average molecular weight is 551 g/mol. The lowest BCUT2D eigenvalue weighted by atomic mass is 10.1. The number of morpholine rings is 1. The summed E-state index contributed by atoms with van der Waals surface area (Å²) in [5.74, 6) is 1.79. The smallest absolute Gasteiger partial charge is 0.195 e. The number of nitrogens with zero attached hydrogens (tertiary/aromatic N) is 4. The summed E-state index contributed by atoms with van der Waals surface area (Å²) in [5, 5.41) is 9.69. The summed E-state index contributed by atoms with van der Waals surface area (Å²) in [6.07, 6.45) is 1.98. The maximum absolute atomic E-state index is 5.88. The minimum absolute atomic E-state index is 0.0795. The van der Waals surface area contributed by atoms with Crippen molar-refractivity contribution >= 4 is 33.4 Å². The van der Waals surface area contributed by atoms with Crippen LogP contribution in [0.3, 0.4) is 0 Å². The van der Waals surface area contributed by atoms with Crippen molar-refractivity contribution < 1.29 is 23.7 Å². The van der Waals surface area contributed by atoms with E-state index < -0.39 is 0 Å². The lowest BCUT2D eigenvalue weighted by Crippen LogP contribution is -2.36. The molecule has 0 N–H and O–H groups in total. The largest absolute Gasteiger partial charge is 0.467 e. The van der Waals surface area contributed by atoms with Crippen LogP contribution < -0.4 is 14.4 Å². The number of halogens is 1. The Balaban J connectivity index is 1.74. The van der Waals surface area contributed by atoms with Crippen molar-refractivity contribution in [2.45, 2.75) is 5.16 Å². The van der Waals surface area contributed by atoms with Gasteiger partial charge in [-0.1, -0.05) is 11.8 Å². The molecule has 1 fully saturated rings. The fourth-order valence-corrected chi connectivity index (χ4v) is 4.58. The first kappa shape index (κ1) is 24.8. The van der Waals surface area contributed by atoms with Gasteiger partial charge in [0, 0.05) is 44.8 Å². The van der Waals surface area contributed by atoms with Crippen LogP contribution in [-0.4, -0.2) is 75.1 Å². The Bertz CT molecular complexity index is 1090. The number of rotatable bonds is 10. The quantitative estimate of drug-likeness (QED) is 0.272. The van der Waals surface area contributed by atoms with Gasteiger partial charge in [-0.05, 0) is 52.5 Å². The van der Waals surface area contributed by atoms with Gasteiger partial charge in [-0.25, -0.2) is 0 Å². The van der Waals surface area contributed by atoms with Crippen LogP contribution in [0, 0.1) is 0 Å². The van der Waals surface area contributed by atoms with Crippen molar-refractivity contribution in [2.24, 2.45) is 0 Å². The van der Waals surface area contributed by atoms with Crippen molar-refractivity contribution in [3.8, 4) is 28.6 Å². The highest BCUT2D eigenvalue weighted by Crippen LogP contribution is 2.40. The molecule has 182 valence electrons. The number of aromatic nitrogens is 3. The normalized spacial score (nSPS) is 13.8. The van der Waals surface area contributed by atoms with E-state index in [0.29, 0.717) is 17.3 Å². The number of benzene rings is 2. The fourth-order valence-electron chi connectivity index (χ4n) is 3.63. The maximum Gasteiger partial charge on any atom is 0.195 e. The molecule has 2 aromatic carbocycles. The molecule has 1 aromatic heterocycles. The first-order chi connectivity index (χ1) is 16.7. The summed E-state index contributed by atoms with van der Waals surface area (Å²) in [6, 6.07) is 12.1. The van der Waals surface area contributed by atoms with Crippen molar-refractivity contribution in [1.82, 2.24) is 14.8 Å². The third kappa shape index (κ3) is 5.49. The van der Waals surface area contributed by atoms with E-state index in [2.05, 4.69) is 55.3 Å². The topological polar surface area (TPSA) is 80.1 Å². The maximum atomic E-state index is 5.88. The molecule has 0 bridgehead atoms. The van der Waals surface area contributed by atoms with Crippen molar-refractivity contribution in [2.75, 3.05) is 65.3 Å². The summed E-state index contributed by atoms with van der Waals surface area (Å²) in [7, 11) is 3.15. The van der Waals surface area contributed by atoms with Crippen LogP contribution in [0.1, 0.15) is 0 Å². The van der Waals surface area contributed by atoms with Crippen LogP contribution >= 0.6 is 27.7 Å². The molecular weight excluding hydrogens is 524 g/mol. The number of hydrogen-bond acceptors (Lipinski definition) is 9. The molecule has 1 aliphatic rings. The minimum Gasteiger partial charge on any atom is -0.467 e. The molecule has 4 rings (SSSR count). The third-order valence-corrected chi connectivity index (χ3v) is 6.49. The second-order valence-corrected chi connectivity index (χ2v) is 8.97. The van der Waals surface area contributed by atoms with Gasteiger partial charge in [0.1, 0.15) is 11.5 Å². The molecule has 0 saturated carbocycles. The standard InChI is InChI=1S/C23H27BrN4O5S/c1-29-14-32-20-13-21(33-15-30-2)19(24)12-18(20)22-25-26-23(34-3)28(22)17-6-4-16(5-7-17)27-8-10-31-11-9-27/h4-7,12-13H,8-11,14-15H2,1-3H3. The molecule has 2 heterocycles. The molecule has 0 aliphatic carbocycles. The van der Waals surface area contributed by atoms with E-state index in [-0.39, 0.29) is 13.6 Å². The molecule has 11 heteroatoms. The van der Waals surface area contributed by atoms with E-state index in [1.807, 2.05) is 16.9 Å². The SMILES string of the molecule is COCOc1cc(OCOC)c(-c2nnc(SC)n2-c2ccc(N3CCOCC3)cc2)cc1Br. The summed E-state index contributed by atoms with van der Waals surface area (Å²) in [4.78, 5) is 2.32. The zero-order chi connectivity index (χ0) is 23.9. The third-order valence-electron chi connectivity index (χ3n) is 5.24. The molecule has 34 heavy (non-hydrogen) atoms. The average Bonchev–Trinajstić information content (AvgIpc) is 3.31. The molecular formula is C23H27BrN4O5S. The molecule has 9 nitrogen and oxygen atoms in total. The fraction of sp³-hybridized carbons (Fsp3) is 0.391. The zero-order valence-electron chi connectivity index (χ0n) is 19.3. The monoisotopic (exact) mass is 550 g/mol. The van der Waals surface area contributed by atoms with E-state index >= 15 is 0 Å². The predicted molar refractivity (Wildman–Crippen MR) is 134 cm³/mol. The molecule has 0 atom stereocenters. The zero-order valence-corrected chi connectivity index (χ0v) is 21.7. The summed E-state index contributed by atoms with van der Waals surface area (Å²) < 4.78 is 29.9. The van der Waals surface area contributed by atoms with Crippen LogP contribution in [0.2, 0.25) is 0 Å². The highest BCUT2D eigenvalue weighted by Gasteiger charge is 2.22. The second kappa shape index (κ2) is 11.9. The van der Waals surface area contributed by atoms with Crippen LogP contribution in [0.25, 0.3) is 17.1 Å². The number of methoxy groups -OCH3 is 2. The van der Waals surface area contributed by atoms with E-state index in [9.17, 15) is 0 Å². The van der Waals surface area contributed by atoms with E-state index in [1.54, 1.807) is 20.3 Å². The van der Waals surface area contributed by atoms with Gasteiger partial charge in [-0.3, -0.25) is 4.57 Å². The summed E-state index contributed by atoms with van der Waals surface area (Å²) in [6.45, 7) is 3.46. The van der Waals surface area contributed by atoms with Crippen molar-refractivity contribution in [3.05, 3.63) is 40.9 Å². The summed E-state index contributed by atoms with van der Waals surface area (Å²) >= 11 is 5.11. The van der Waals surface area contributed by atoms with E-state index in [0.717, 1.165) is 47.2 Å². The van der Waals surface area contributed by atoms with Gasteiger partial charge in [0.05, 0.1) is 23.2 Å². The highest BCUT2D eigenvalue weighted by molar-refractivity contribution is 9.10. The molecule has 0 unspecified atom stereocenters. The van der Waals surface area contributed by atoms with Gasteiger partial charge in [0.2, 0.25) is 0 Å². The second-order valence-electron chi connectivity index (χ2n) is 7.34. The number of thioether (sulfide) groups is 1. The molecule has 1 saturated heterocycles. The molecule has 0 amide bonds. The van der Waals surface area contributed by atoms with Crippen LogP contribution in [0.15, 0.2) is 46.0 Å². The lowest BCUT2D eigenvalue weighted by molar-refractivity contribution is 0.0459. The molecule has 1 aliphatic heterocycles. The Labute approximate surface area is 211 Å². The lowest BCUT2D eigenvalue weighted by Gasteiger charge is -2.29. The molecule has 3 aromatic rings. The number of hydrogen-bond donors (Lipinski definition) is 0. The van der Waals surface area contributed by atoms with Gasteiger partial charge in [0.15, 0.2) is 24.6 Å². The molecule has 0 spiro atoms. The van der Waals surface area contributed by atoms with E-state index in [4.69, 9.17) is 23.7 Å². The Morgan fingerprint density at radius 1 is 0.941 bits per heavy atom. The van der Waals surface area contributed by atoms with Gasteiger partial charge in [-0.2, -0.15) is 0 Å².